The van der Waals surface area contributed by atoms with Crippen molar-refractivity contribution in [2.45, 2.75) is 6.10 Å². The molecule has 1 unspecified atom stereocenters. The number of hydrogen-bond donors (Lipinski definition) is 2. The van der Waals surface area contributed by atoms with E-state index in [0.717, 1.165) is 30.1 Å². The quantitative estimate of drug-likeness (QED) is 0.609. The molecule has 1 aliphatic rings. The standard InChI is InChI=1S/C10H11N7O/c1-2-18-6(3-11-1)9-15-16-10-7-8(13-4-12-7)14-5-17(9)10/h4-6,11H,1-3H2,(H,12,13). The van der Waals surface area contributed by atoms with Crippen LogP contribution in [0.5, 0.6) is 0 Å². The van der Waals surface area contributed by atoms with E-state index in [4.69, 9.17) is 4.74 Å². The molecule has 1 saturated heterocycles. The number of morpholine rings is 1. The molecule has 0 amide bonds. The van der Waals surface area contributed by atoms with E-state index in [0.29, 0.717) is 12.3 Å². The Bertz CT molecular complexity index is 696. The smallest absolute Gasteiger partial charge is 0.189 e. The first-order valence-corrected chi connectivity index (χ1v) is 5.78. The fourth-order valence-electron chi connectivity index (χ4n) is 2.20. The van der Waals surface area contributed by atoms with E-state index in [-0.39, 0.29) is 6.10 Å². The Labute approximate surface area is 101 Å². The van der Waals surface area contributed by atoms with Crippen molar-refractivity contribution >= 4 is 16.8 Å². The topological polar surface area (TPSA) is 93.0 Å². The van der Waals surface area contributed by atoms with Crippen LogP contribution in [0, 0.1) is 0 Å². The fourth-order valence-corrected chi connectivity index (χ4v) is 2.20. The Hall–Kier alpha value is -2.06. The molecule has 3 aromatic rings. The molecular formula is C10H11N7O. The second kappa shape index (κ2) is 3.72. The van der Waals surface area contributed by atoms with Crippen molar-refractivity contribution in [3.8, 4) is 0 Å². The van der Waals surface area contributed by atoms with E-state index < -0.39 is 0 Å². The summed E-state index contributed by atoms with van der Waals surface area (Å²) in [6.07, 6.45) is 3.20. The van der Waals surface area contributed by atoms with Crippen molar-refractivity contribution in [3.63, 3.8) is 0 Å². The minimum atomic E-state index is -0.0871. The number of fused-ring (bicyclic) bond motifs is 3. The minimum Gasteiger partial charge on any atom is -0.368 e. The number of hydrogen-bond acceptors (Lipinski definition) is 6. The van der Waals surface area contributed by atoms with Crippen molar-refractivity contribution < 1.29 is 4.74 Å². The van der Waals surface area contributed by atoms with E-state index in [2.05, 4.69) is 30.5 Å². The van der Waals surface area contributed by atoms with Crippen molar-refractivity contribution in [1.29, 1.82) is 0 Å². The van der Waals surface area contributed by atoms with Crippen LogP contribution in [0.25, 0.3) is 16.8 Å². The Kier molecular flexibility index (Phi) is 2.05. The Morgan fingerprint density at radius 2 is 2.33 bits per heavy atom. The molecule has 0 radical (unpaired) electrons. The third-order valence-electron chi connectivity index (χ3n) is 3.08. The van der Waals surface area contributed by atoms with E-state index in [1.54, 1.807) is 12.7 Å². The molecule has 0 bridgehead atoms. The third kappa shape index (κ3) is 1.33. The second-order valence-electron chi connectivity index (χ2n) is 4.16. The maximum Gasteiger partial charge on any atom is 0.189 e. The summed E-state index contributed by atoms with van der Waals surface area (Å²) in [7, 11) is 0. The van der Waals surface area contributed by atoms with Gasteiger partial charge in [0.2, 0.25) is 0 Å². The van der Waals surface area contributed by atoms with E-state index >= 15 is 0 Å². The SMILES string of the molecule is c1nc2ncn3c(C4CNCCO4)nnc3c2[nH]1. The second-order valence-corrected chi connectivity index (χ2v) is 4.16. The first kappa shape index (κ1) is 9.92. The lowest BCUT2D eigenvalue weighted by Crippen LogP contribution is -2.34. The maximum absolute atomic E-state index is 5.68. The fraction of sp³-hybridized carbons (Fsp3) is 0.400. The van der Waals surface area contributed by atoms with Gasteiger partial charge in [0.25, 0.3) is 0 Å². The van der Waals surface area contributed by atoms with Gasteiger partial charge < -0.3 is 15.0 Å². The van der Waals surface area contributed by atoms with Crippen LogP contribution in [-0.2, 0) is 4.74 Å². The van der Waals surface area contributed by atoms with Gasteiger partial charge in [0.15, 0.2) is 17.1 Å². The monoisotopic (exact) mass is 245 g/mol. The number of aromatic nitrogens is 6. The molecule has 4 heterocycles. The molecule has 2 N–H and O–H groups in total. The van der Waals surface area contributed by atoms with E-state index in [9.17, 15) is 0 Å². The molecule has 0 aromatic carbocycles. The normalized spacial score (nSPS) is 20.8. The summed E-state index contributed by atoms with van der Waals surface area (Å²) < 4.78 is 7.53. The summed E-state index contributed by atoms with van der Waals surface area (Å²) in [6, 6.07) is 0. The summed E-state index contributed by atoms with van der Waals surface area (Å²) in [5.41, 5.74) is 2.16. The molecule has 1 aliphatic heterocycles. The predicted octanol–water partition coefficient (Wildman–Crippen LogP) is -0.338. The molecular weight excluding hydrogens is 234 g/mol. The summed E-state index contributed by atoms with van der Waals surface area (Å²) in [4.78, 5) is 11.4. The lowest BCUT2D eigenvalue weighted by Gasteiger charge is -2.21. The van der Waals surface area contributed by atoms with Crippen molar-refractivity contribution in [1.82, 2.24) is 34.9 Å². The van der Waals surface area contributed by atoms with Gasteiger partial charge in [-0.15, -0.1) is 10.2 Å². The van der Waals surface area contributed by atoms with Gasteiger partial charge in [-0.1, -0.05) is 0 Å². The van der Waals surface area contributed by atoms with Crippen LogP contribution in [0.1, 0.15) is 11.9 Å². The van der Waals surface area contributed by atoms with Crippen LogP contribution in [0.15, 0.2) is 12.7 Å². The van der Waals surface area contributed by atoms with Crippen LogP contribution >= 0.6 is 0 Å². The summed E-state index contributed by atoms with van der Waals surface area (Å²) in [6.45, 7) is 2.29. The van der Waals surface area contributed by atoms with Crippen LogP contribution in [0.2, 0.25) is 0 Å². The van der Waals surface area contributed by atoms with E-state index in [1.807, 2.05) is 4.40 Å². The zero-order valence-corrected chi connectivity index (χ0v) is 9.50. The molecule has 0 spiro atoms. The lowest BCUT2D eigenvalue weighted by atomic mass is 10.3. The number of nitrogens with zero attached hydrogens (tertiary/aromatic N) is 5. The predicted molar refractivity (Wildman–Crippen MR) is 62.0 cm³/mol. The van der Waals surface area contributed by atoms with E-state index in [1.165, 1.54) is 0 Å². The number of H-pyrrole nitrogens is 1. The summed E-state index contributed by atoms with van der Waals surface area (Å²) in [5, 5.41) is 11.7. The van der Waals surface area contributed by atoms with Gasteiger partial charge in [-0.25, -0.2) is 9.97 Å². The van der Waals surface area contributed by atoms with Crippen molar-refractivity contribution in [2.75, 3.05) is 19.7 Å². The Balaban J connectivity index is 1.90. The Morgan fingerprint density at radius 1 is 1.33 bits per heavy atom. The molecule has 92 valence electrons. The first-order valence-electron chi connectivity index (χ1n) is 5.78. The lowest BCUT2D eigenvalue weighted by molar-refractivity contribution is 0.0215. The van der Waals surface area contributed by atoms with Crippen LogP contribution < -0.4 is 5.32 Å². The molecule has 4 rings (SSSR count). The third-order valence-corrected chi connectivity index (χ3v) is 3.08. The molecule has 8 heteroatoms. The van der Waals surface area contributed by atoms with Crippen LogP contribution in [0.3, 0.4) is 0 Å². The van der Waals surface area contributed by atoms with Crippen molar-refractivity contribution in [2.24, 2.45) is 0 Å². The highest BCUT2D eigenvalue weighted by Gasteiger charge is 2.22. The van der Waals surface area contributed by atoms with Crippen molar-refractivity contribution in [3.05, 3.63) is 18.5 Å². The largest absolute Gasteiger partial charge is 0.368 e. The molecule has 0 saturated carbocycles. The number of nitrogens with one attached hydrogen (secondary N) is 2. The number of rotatable bonds is 1. The number of aromatic amines is 1. The molecule has 0 aliphatic carbocycles. The highest BCUT2D eigenvalue weighted by Crippen LogP contribution is 2.20. The van der Waals surface area contributed by atoms with Gasteiger partial charge in [0.05, 0.1) is 12.9 Å². The zero-order valence-electron chi connectivity index (χ0n) is 9.50. The van der Waals surface area contributed by atoms with Crippen LogP contribution in [0.4, 0.5) is 0 Å². The minimum absolute atomic E-state index is 0.0871. The summed E-state index contributed by atoms with van der Waals surface area (Å²) >= 11 is 0. The van der Waals surface area contributed by atoms with Gasteiger partial charge in [-0.2, -0.15) is 0 Å². The Morgan fingerprint density at radius 3 is 3.22 bits per heavy atom. The molecule has 8 nitrogen and oxygen atoms in total. The van der Waals surface area contributed by atoms with Gasteiger partial charge in [0.1, 0.15) is 17.9 Å². The maximum atomic E-state index is 5.68. The van der Waals surface area contributed by atoms with Gasteiger partial charge in [-0.3, -0.25) is 4.40 Å². The average molecular weight is 245 g/mol. The first-order chi connectivity index (χ1) is 8.93. The zero-order chi connectivity index (χ0) is 11.9. The molecule has 3 aromatic heterocycles. The average Bonchev–Trinajstić information content (AvgIpc) is 3.05. The molecule has 18 heavy (non-hydrogen) atoms. The van der Waals surface area contributed by atoms with Gasteiger partial charge >= 0.3 is 0 Å². The van der Waals surface area contributed by atoms with Crippen LogP contribution in [-0.4, -0.2) is 49.2 Å². The van der Waals surface area contributed by atoms with Gasteiger partial charge in [0, 0.05) is 13.1 Å². The van der Waals surface area contributed by atoms with Gasteiger partial charge in [-0.05, 0) is 0 Å². The number of imidazole rings is 1. The molecule has 1 atom stereocenters. The molecule has 1 fully saturated rings. The number of ether oxygens (including phenoxy) is 1. The summed E-state index contributed by atoms with van der Waals surface area (Å²) in [5.74, 6) is 0.765. The highest BCUT2D eigenvalue weighted by molar-refractivity contribution is 5.84. The highest BCUT2D eigenvalue weighted by atomic mass is 16.5.